The Hall–Kier alpha value is -2.17. The molecule has 10 heteroatoms. The summed E-state index contributed by atoms with van der Waals surface area (Å²) in [4.78, 5) is 11.4. The van der Waals surface area contributed by atoms with Gasteiger partial charge in [0.2, 0.25) is 0 Å². The Morgan fingerprint density at radius 2 is 1.62 bits per heavy atom. The largest absolute Gasteiger partial charge is 0.598 e. The monoisotopic (exact) mass is 477 g/mol. The van der Waals surface area contributed by atoms with Crippen LogP contribution in [0.2, 0.25) is 0 Å². The van der Waals surface area contributed by atoms with Crippen LogP contribution in [0.1, 0.15) is 55.5 Å². The van der Waals surface area contributed by atoms with E-state index in [-0.39, 0.29) is 11.1 Å². The van der Waals surface area contributed by atoms with Crippen molar-refractivity contribution in [3.63, 3.8) is 0 Å². The van der Waals surface area contributed by atoms with Gasteiger partial charge in [-0.25, -0.2) is 8.78 Å². The molecule has 0 spiro atoms. The van der Waals surface area contributed by atoms with Crippen molar-refractivity contribution >= 4 is 17.3 Å². The summed E-state index contributed by atoms with van der Waals surface area (Å²) in [6.45, 7) is 7.74. The van der Waals surface area contributed by atoms with Crippen LogP contribution >= 0.6 is 0 Å². The number of halogens is 5. The first-order valence-electron chi connectivity index (χ1n) is 9.60. The third-order valence-corrected chi connectivity index (χ3v) is 6.36. The van der Waals surface area contributed by atoms with Crippen molar-refractivity contribution in [1.29, 1.82) is 0 Å². The van der Waals surface area contributed by atoms with Crippen molar-refractivity contribution in [2.24, 2.45) is 0 Å². The molecule has 2 atom stereocenters. The summed E-state index contributed by atoms with van der Waals surface area (Å²) in [5.74, 6) is -3.64. The van der Waals surface area contributed by atoms with E-state index in [1.54, 1.807) is 20.8 Å². The molecule has 2 aromatic rings. The van der Waals surface area contributed by atoms with E-state index >= 15 is 4.39 Å². The summed E-state index contributed by atoms with van der Waals surface area (Å²) in [7, 11) is 0. The minimum absolute atomic E-state index is 0.0533. The predicted molar refractivity (Wildman–Crippen MR) is 112 cm³/mol. The van der Waals surface area contributed by atoms with Crippen molar-refractivity contribution in [2.45, 2.75) is 58.0 Å². The number of carboxylic acids is 1. The van der Waals surface area contributed by atoms with E-state index in [1.807, 2.05) is 0 Å². The summed E-state index contributed by atoms with van der Waals surface area (Å²) in [6, 6.07) is 2.48. The van der Waals surface area contributed by atoms with Crippen LogP contribution in [0.15, 0.2) is 24.3 Å². The second kappa shape index (κ2) is 9.36. The Morgan fingerprint density at radius 3 is 2.06 bits per heavy atom. The summed E-state index contributed by atoms with van der Waals surface area (Å²) in [6.07, 6.45) is -5.88. The Bertz CT molecular complexity index is 995. The van der Waals surface area contributed by atoms with Crippen LogP contribution in [-0.4, -0.2) is 20.4 Å². The number of carbonyl (C=O) groups is 1. The molecule has 0 aliphatic heterocycles. The van der Waals surface area contributed by atoms with Crippen LogP contribution < -0.4 is 4.72 Å². The van der Waals surface area contributed by atoms with E-state index in [2.05, 4.69) is 4.72 Å². The lowest BCUT2D eigenvalue weighted by Crippen LogP contribution is -2.42. The van der Waals surface area contributed by atoms with Crippen LogP contribution in [0.25, 0.3) is 11.1 Å². The highest BCUT2D eigenvalue weighted by molar-refractivity contribution is 7.90. The first-order valence-corrected chi connectivity index (χ1v) is 10.7. The van der Waals surface area contributed by atoms with Gasteiger partial charge in [0.15, 0.2) is 0 Å². The second-order valence-corrected chi connectivity index (χ2v) is 10.5. The topological polar surface area (TPSA) is 72.4 Å². The lowest BCUT2D eigenvalue weighted by molar-refractivity contribution is -0.140. The molecule has 0 aromatic heterocycles. The van der Waals surface area contributed by atoms with Crippen LogP contribution in [0.4, 0.5) is 22.0 Å². The molecule has 0 radical (unpaired) electrons. The predicted octanol–water partition coefficient (Wildman–Crippen LogP) is 5.84. The zero-order valence-corrected chi connectivity index (χ0v) is 19.0. The average Bonchev–Trinajstić information content (AvgIpc) is 2.59. The minimum atomic E-state index is -5.08. The molecule has 176 valence electrons. The van der Waals surface area contributed by atoms with E-state index in [4.69, 9.17) is 0 Å². The number of nitrogens with one attached hydrogen (secondary N) is 1. The summed E-state index contributed by atoms with van der Waals surface area (Å²) < 4.78 is 83.9. The number of hydrogen-bond donors (Lipinski definition) is 2. The van der Waals surface area contributed by atoms with Crippen molar-refractivity contribution in [3.8, 4) is 11.1 Å². The zero-order valence-electron chi connectivity index (χ0n) is 18.2. The number of hydrogen-bond acceptors (Lipinski definition) is 3. The average molecular weight is 477 g/mol. The molecule has 0 amide bonds. The summed E-state index contributed by atoms with van der Waals surface area (Å²) in [5, 5.41) is 9.26. The first-order chi connectivity index (χ1) is 14.5. The molecule has 0 fully saturated rings. The number of aryl methyl sites for hydroxylation is 2. The van der Waals surface area contributed by atoms with Crippen molar-refractivity contribution in [3.05, 3.63) is 58.2 Å². The molecule has 0 saturated carbocycles. The number of alkyl halides is 3. The highest BCUT2D eigenvalue weighted by atomic mass is 32.2. The Balaban J connectivity index is 2.80. The van der Waals surface area contributed by atoms with Gasteiger partial charge in [-0.1, -0.05) is 0 Å². The quantitative estimate of drug-likeness (QED) is 0.405. The van der Waals surface area contributed by atoms with Crippen LogP contribution in [0, 0.1) is 25.5 Å². The smallest absolute Gasteiger partial charge is 0.419 e. The maximum absolute atomic E-state index is 15.1. The van der Waals surface area contributed by atoms with Crippen molar-refractivity contribution in [1.82, 2.24) is 4.72 Å². The third kappa shape index (κ3) is 5.99. The van der Waals surface area contributed by atoms with E-state index in [0.717, 1.165) is 18.2 Å². The fourth-order valence-electron chi connectivity index (χ4n) is 3.31. The van der Waals surface area contributed by atoms with Crippen molar-refractivity contribution < 1.29 is 36.4 Å². The van der Waals surface area contributed by atoms with Crippen LogP contribution in [0.3, 0.4) is 0 Å². The Labute approximate surface area is 186 Å². The van der Waals surface area contributed by atoms with Gasteiger partial charge < -0.3 is 9.66 Å². The van der Waals surface area contributed by atoms with Gasteiger partial charge in [0.1, 0.15) is 16.4 Å². The molecule has 32 heavy (non-hydrogen) atoms. The molecular formula is C22H24F5NO3S. The molecule has 4 nitrogen and oxygen atoms in total. The van der Waals surface area contributed by atoms with E-state index in [1.165, 1.54) is 13.8 Å². The number of carboxylic acid groups (broad SMARTS) is 1. The molecule has 0 heterocycles. The third-order valence-electron chi connectivity index (χ3n) is 4.75. The standard InChI is InChI=1S/C22H24F5NO3S/c1-11-6-14(23)7-12(2)19(11)13-8-15(20(24)16(9-13)22(25,26)27)17(10-18(29)30)28-32(31)21(3,4)5/h6-9,17,28H,10H2,1-5H3,(H,29,30)/t17-,32+/m0/s1. The van der Waals surface area contributed by atoms with Crippen LogP contribution in [-0.2, 0) is 22.3 Å². The van der Waals surface area contributed by atoms with Gasteiger partial charge in [-0.15, -0.1) is 4.72 Å². The highest BCUT2D eigenvalue weighted by Crippen LogP contribution is 2.40. The van der Waals surface area contributed by atoms with Crippen LogP contribution in [0.5, 0.6) is 0 Å². The van der Waals surface area contributed by atoms with Crippen molar-refractivity contribution in [2.75, 3.05) is 0 Å². The summed E-state index contributed by atoms with van der Waals surface area (Å²) >= 11 is -1.89. The van der Waals surface area contributed by atoms with Gasteiger partial charge in [0.25, 0.3) is 0 Å². The molecule has 2 rings (SSSR count). The maximum Gasteiger partial charge on any atom is 0.419 e. The maximum atomic E-state index is 15.1. The van der Waals surface area contributed by atoms with E-state index in [9.17, 15) is 32.0 Å². The lowest BCUT2D eigenvalue weighted by atomic mass is 9.90. The number of aliphatic carboxylic acids is 1. The SMILES string of the molecule is Cc1cc(F)cc(C)c1-c1cc([C@H](CC(=O)O)N[S@+]([O-])C(C)(C)C)c(F)c(C(F)(F)F)c1. The molecule has 0 unspecified atom stereocenters. The van der Waals surface area contributed by atoms with E-state index in [0.29, 0.717) is 17.2 Å². The second-order valence-electron chi connectivity index (χ2n) is 8.49. The van der Waals surface area contributed by atoms with Gasteiger partial charge in [0, 0.05) is 16.9 Å². The van der Waals surface area contributed by atoms with Gasteiger partial charge in [0.05, 0.1) is 18.0 Å². The molecule has 0 aliphatic carbocycles. The first kappa shape index (κ1) is 26.1. The lowest BCUT2D eigenvalue weighted by Gasteiger charge is -2.28. The fourth-order valence-corrected chi connectivity index (χ4v) is 4.14. The highest BCUT2D eigenvalue weighted by Gasteiger charge is 2.39. The zero-order chi connectivity index (χ0) is 24.6. The van der Waals surface area contributed by atoms with Gasteiger partial charge in [-0.2, -0.15) is 13.2 Å². The molecule has 0 aliphatic rings. The fraction of sp³-hybridized carbons (Fsp3) is 0.409. The van der Waals surface area contributed by atoms with E-state index < -0.39 is 63.5 Å². The van der Waals surface area contributed by atoms with Gasteiger partial charge >= 0.3 is 12.1 Å². The van der Waals surface area contributed by atoms with Gasteiger partial charge in [-0.05, 0) is 81.1 Å². The molecule has 0 saturated heterocycles. The number of rotatable bonds is 6. The molecule has 2 aromatic carbocycles. The number of benzene rings is 2. The minimum Gasteiger partial charge on any atom is -0.598 e. The molecular weight excluding hydrogens is 453 g/mol. The Morgan fingerprint density at radius 1 is 1.09 bits per heavy atom. The normalized spacial score (nSPS) is 14.3. The Kier molecular flexibility index (Phi) is 7.63. The summed E-state index contributed by atoms with van der Waals surface area (Å²) in [5.41, 5.74) is -1.31. The van der Waals surface area contributed by atoms with Gasteiger partial charge in [-0.3, -0.25) is 4.79 Å². The molecule has 0 bridgehead atoms. The molecule has 2 N–H and O–H groups in total.